The van der Waals surface area contributed by atoms with Gasteiger partial charge in [0.05, 0.1) is 15.4 Å². The van der Waals surface area contributed by atoms with E-state index in [0.717, 1.165) is 0 Å². The zero-order valence-electron chi connectivity index (χ0n) is 13.8. The van der Waals surface area contributed by atoms with Crippen LogP contribution in [0.1, 0.15) is 11.1 Å². The quantitative estimate of drug-likeness (QED) is 0.304. The van der Waals surface area contributed by atoms with E-state index in [-0.39, 0.29) is 30.0 Å². The highest BCUT2D eigenvalue weighted by molar-refractivity contribution is 7.80. The third-order valence-electron chi connectivity index (χ3n) is 3.59. The van der Waals surface area contributed by atoms with Crippen LogP contribution >= 0.6 is 12.2 Å². The van der Waals surface area contributed by atoms with Crippen LogP contribution in [0.5, 0.6) is 0 Å². The minimum Gasteiger partial charge on any atom is -0.369 e. The van der Waals surface area contributed by atoms with Gasteiger partial charge in [0.2, 0.25) is 0 Å². The van der Waals surface area contributed by atoms with Gasteiger partial charge in [-0.3, -0.25) is 20.2 Å². The van der Waals surface area contributed by atoms with Crippen molar-refractivity contribution in [3.8, 4) is 0 Å². The normalized spacial score (nSPS) is 11.1. The number of hydrogen-bond donors (Lipinski definition) is 1. The Kier molecular flexibility index (Phi) is 6.23. The Hall–Kier alpha value is -3.15. The second-order valence-electron chi connectivity index (χ2n) is 5.60. The highest BCUT2D eigenvalue weighted by Crippen LogP contribution is 2.41. The van der Waals surface area contributed by atoms with Crippen molar-refractivity contribution in [2.24, 2.45) is 0 Å². The molecule has 0 saturated carbocycles. The molecule has 1 N–H and O–H groups in total. The summed E-state index contributed by atoms with van der Waals surface area (Å²) >= 11 is 5.10. The summed E-state index contributed by atoms with van der Waals surface area (Å²) in [5.74, 6) is -0.455. The van der Waals surface area contributed by atoms with Gasteiger partial charge in [-0.1, -0.05) is 24.4 Å². The van der Waals surface area contributed by atoms with Crippen LogP contribution in [0.25, 0.3) is 0 Å². The molecule has 0 aliphatic heterocycles. The van der Waals surface area contributed by atoms with Crippen LogP contribution in [0.4, 0.5) is 34.6 Å². The molecule has 0 fully saturated rings. The van der Waals surface area contributed by atoms with Gasteiger partial charge >= 0.3 is 6.18 Å². The van der Waals surface area contributed by atoms with Gasteiger partial charge in [-0.05, 0) is 17.7 Å². The molecule has 148 valence electrons. The summed E-state index contributed by atoms with van der Waals surface area (Å²) < 4.78 is 51.5. The van der Waals surface area contributed by atoms with Gasteiger partial charge in [0.1, 0.15) is 5.82 Å². The molecule has 2 aromatic rings. The number of benzene rings is 2. The average molecular weight is 417 g/mol. The molecule has 0 unspecified atom stereocenters. The van der Waals surface area contributed by atoms with E-state index < -0.39 is 44.5 Å². The molecule has 0 aliphatic carbocycles. The maximum atomic E-state index is 12.9. The molecule has 28 heavy (non-hydrogen) atoms. The molecule has 0 aromatic heterocycles. The second kappa shape index (κ2) is 8.25. The number of halogens is 4. The molecule has 0 aliphatic rings. The van der Waals surface area contributed by atoms with Crippen LogP contribution in [-0.4, -0.2) is 21.3 Å². The predicted octanol–water partition coefficient (Wildman–Crippen LogP) is 4.69. The van der Waals surface area contributed by atoms with Crippen molar-refractivity contribution in [2.75, 3.05) is 11.9 Å². The van der Waals surface area contributed by atoms with Gasteiger partial charge in [0.15, 0.2) is 5.69 Å². The van der Waals surface area contributed by atoms with Crippen LogP contribution < -0.4 is 5.32 Å². The monoisotopic (exact) mass is 417 g/mol. The summed E-state index contributed by atoms with van der Waals surface area (Å²) in [6, 6.07) is 5.78. The first-order valence-corrected chi connectivity index (χ1v) is 7.94. The van der Waals surface area contributed by atoms with Crippen molar-refractivity contribution in [1.29, 1.82) is 0 Å². The van der Waals surface area contributed by atoms with E-state index in [0.29, 0.717) is 5.56 Å². The standard InChI is InChI=1S/C16H11F4N3O4S/c17-11-3-1-9(2-4-11)5-12(28)8-21-15-13(22(24)25)6-10(16(18,19)20)7-14(15)23(26)27/h1-4,6-7,21H,5,8H2. The third-order valence-corrected chi connectivity index (χ3v) is 3.88. The first-order valence-electron chi connectivity index (χ1n) is 7.53. The first-order chi connectivity index (χ1) is 13.0. The van der Waals surface area contributed by atoms with Crippen molar-refractivity contribution in [3.05, 3.63) is 73.6 Å². The molecule has 2 rings (SSSR count). The number of hydrogen-bond acceptors (Lipinski definition) is 6. The van der Waals surface area contributed by atoms with Crippen molar-refractivity contribution < 1.29 is 27.4 Å². The van der Waals surface area contributed by atoms with Crippen molar-refractivity contribution in [2.45, 2.75) is 12.6 Å². The summed E-state index contributed by atoms with van der Waals surface area (Å²) in [6.07, 6.45) is -4.84. The minimum atomic E-state index is -4.99. The highest BCUT2D eigenvalue weighted by atomic mass is 32.1. The Labute approximate surface area is 160 Å². The number of rotatable bonds is 7. The van der Waals surface area contributed by atoms with E-state index in [1.165, 1.54) is 24.3 Å². The molecule has 0 bridgehead atoms. The lowest BCUT2D eigenvalue weighted by molar-refractivity contribution is -0.392. The fourth-order valence-electron chi connectivity index (χ4n) is 2.32. The molecule has 0 radical (unpaired) electrons. The Morgan fingerprint density at radius 3 is 1.96 bits per heavy atom. The molecule has 0 spiro atoms. The molecule has 12 heteroatoms. The van der Waals surface area contributed by atoms with E-state index >= 15 is 0 Å². The fourth-order valence-corrected chi connectivity index (χ4v) is 2.56. The van der Waals surface area contributed by atoms with E-state index in [1.807, 2.05) is 0 Å². The van der Waals surface area contributed by atoms with Crippen LogP contribution in [0.3, 0.4) is 0 Å². The number of nitro groups is 2. The smallest absolute Gasteiger partial charge is 0.369 e. The molecule has 0 saturated heterocycles. The Bertz CT molecular complexity index is 897. The van der Waals surface area contributed by atoms with Crippen molar-refractivity contribution in [3.63, 3.8) is 0 Å². The van der Waals surface area contributed by atoms with Gasteiger partial charge in [-0.25, -0.2) is 4.39 Å². The number of alkyl halides is 3. The van der Waals surface area contributed by atoms with Gasteiger partial charge in [-0.2, -0.15) is 13.2 Å². The van der Waals surface area contributed by atoms with Crippen molar-refractivity contribution in [1.82, 2.24) is 0 Å². The Balaban J connectivity index is 2.30. The summed E-state index contributed by atoms with van der Waals surface area (Å²) in [5.41, 5.74) is -3.74. The van der Waals surface area contributed by atoms with Crippen molar-refractivity contribution >= 4 is 34.1 Å². The zero-order valence-corrected chi connectivity index (χ0v) is 14.6. The van der Waals surface area contributed by atoms with Crippen LogP contribution in [0, 0.1) is 26.0 Å². The SMILES string of the molecule is O=[N+]([O-])c1cc(C(F)(F)F)cc([N+](=O)[O-])c1NCC(=S)Cc1ccc(F)cc1. The molecule has 0 amide bonds. The number of thiocarbonyl (C=S) groups is 1. The maximum Gasteiger partial charge on any atom is 0.416 e. The van der Waals surface area contributed by atoms with E-state index in [1.54, 1.807) is 0 Å². The van der Waals surface area contributed by atoms with E-state index in [4.69, 9.17) is 12.2 Å². The fraction of sp³-hybridized carbons (Fsp3) is 0.188. The third kappa shape index (κ3) is 5.19. The summed E-state index contributed by atoms with van der Waals surface area (Å²) in [5, 5.41) is 24.7. The topological polar surface area (TPSA) is 98.3 Å². The van der Waals surface area contributed by atoms with Crippen LogP contribution in [-0.2, 0) is 12.6 Å². The Morgan fingerprint density at radius 1 is 1.04 bits per heavy atom. The molecule has 0 heterocycles. The number of nitrogens with zero attached hydrogens (tertiary/aromatic N) is 2. The average Bonchev–Trinajstić information content (AvgIpc) is 2.60. The number of anilines is 1. The van der Waals surface area contributed by atoms with Crippen LogP contribution in [0.15, 0.2) is 36.4 Å². The van der Waals surface area contributed by atoms with Crippen LogP contribution in [0.2, 0.25) is 0 Å². The number of nitrogens with one attached hydrogen (secondary N) is 1. The highest BCUT2D eigenvalue weighted by Gasteiger charge is 2.37. The second-order valence-corrected chi connectivity index (χ2v) is 6.17. The lowest BCUT2D eigenvalue weighted by Gasteiger charge is -2.12. The lowest BCUT2D eigenvalue weighted by Crippen LogP contribution is -2.17. The van der Waals surface area contributed by atoms with Gasteiger partial charge in [-0.15, -0.1) is 0 Å². The summed E-state index contributed by atoms with van der Waals surface area (Å²) in [6.45, 7) is -0.250. The molecule has 0 atom stereocenters. The summed E-state index contributed by atoms with van der Waals surface area (Å²) in [4.78, 5) is 20.3. The molecule has 2 aromatic carbocycles. The van der Waals surface area contributed by atoms with E-state index in [9.17, 15) is 37.8 Å². The van der Waals surface area contributed by atoms with E-state index in [2.05, 4.69) is 5.32 Å². The molecular formula is C16H11F4N3O4S. The molecule has 7 nitrogen and oxygen atoms in total. The first kappa shape index (κ1) is 21.2. The lowest BCUT2D eigenvalue weighted by atomic mass is 10.1. The largest absolute Gasteiger partial charge is 0.416 e. The Morgan fingerprint density at radius 2 is 1.54 bits per heavy atom. The van der Waals surface area contributed by atoms with Gasteiger partial charge < -0.3 is 5.32 Å². The summed E-state index contributed by atoms with van der Waals surface area (Å²) in [7, 11) is 0. The van der Waals surface area contributed by atoms with Gasteiger partial charge in [0, 0.05) is 30.0 Å². The zero-order chi connectivity index (χ0) is 21.1. The van der Waals surface area contributed by atoms with Gasteiger partial charge in [0.25, 0.3) is 11.4 Å². The predicted molar refractivity (Wildman–Crippen MR) is 95.9 cm³/mol. The minimum absolute atomic E-state index is 0.158. The number of nitro benzene ring substituents is 2. The molecular weight excluding hydrogens is 406 g/mol. The maximum absolute atomic E-state index is 12.9.